The number of rotatable bonds is 2. The SMILES string of the molecule is Cc1ncc([N+](=O)[O-])cc1C(=O)N=[N+]=[N-]. The zero-order chi connectivity index (χ0) is 11.4. The number of hydrogen-bond acceptors (Lipinski definition) is 4. The summed E-state index contributed by atoms with van der Waals surface area (Å²) >= 11 is 0. The van der Waals surface area contributed by atoms with Crippen LogP contribution in [0, 0.1) is 17.0 Å². The fraction of sp³-hybridized carbons (Fsp3) is 0.143. The number of azide groups is 1. The second kappa shape index (κ2) is 4.16. The van der Waals surface area contributed by atoms with Gasteiger partial charge >= 0.3 is 0 Å². The van der Waals surface area contributed by atoms with Crippen molar-refractivity contribution in [1.82, 2.24) is 4.98 Å². The second-order valence-corrected chi connectivity index (χ2v) is 2.58. The molecule has 0 aliphatic carbocycles. The van der Waals surface area contributed by atoms with Gasteiger partial charge in [-0.15, -0.1) is 0 Å². The number of amides is 1. The van der Waals surface area contributed by atoms with Gasteiger partial charge in [0.05, 0.1) is 10.5 Å². The van der Waals surface area contributed by atoms with E-state index in [9.17, 15) is 14.9 Å². The molecular formula is C7H5N5O3. The van der Waals surface area contributed by atoms with E-state index in [0.717, 1.165) is 12.3 Å². The molecule has 8 heteroatoms. The number of nitro groups is 1. The van der Waals surface area contributed by atoms with Crippen LogP contribution in [0.2, 0.25) is 0 Å². The fourth-order valence-electron chi connectivity index (χ4n) is 0.933. The summed E-state index contributed by atoms with van der Waals surface area (Å²) in [5.41, 5.74) is 7.94. The maximum absolute atomic E-state index is 11.2. The van der Waals surface area contributed by atoms with Gasteiger partial charge in [0.2, 0.25) is 0 Å². The average molecular weight is 207 g/mol. The molecule has 8 nitrogen and oxygen atoms in total. The van der Waals surface area contributed by atoms with Crippen LogP contribution in [0.1, 0.15) is 16.1 Å². The predicted molar refractivity (Wildman–Crippen MR) is 49.1 cm³/mol. The normalized spacial score (nSPS) is 9.13. The third-order valence-corrected chi connectivity index (χ3v) is 1.65. The minimum absolute atomic E-state index is 0.0676. The third-order valence-electron chi connectivity index (χ3n) is 1.65. The minimum atomic E-state index is -0.883. The number of nitrogens with zero attached hydrogens (tertiary/aromatic N) is 5. The summed E-state index contributed by atoms with van der Waals surface area (Å²) in [6.07, 6.45) is 1.03. The Balaban J connectivity index is 3.27. The monoisotopic (exact) mass is 207 g/mol. The van der Waals surface area contributed by atoms with E-state index in [2.05, 4.69) is 15.0 Å². The molecule has 0 bridgehead atoms. The maximum atomic E-state index is 11.2. The summed E-state index contributed by atoms with van der Waals surface area (Å²) in [5.74, 6) is -0.883. The number of aromatic nitrogens is 1. The highest BCUT2D eigenvalue weighted by Gasteiger charge is 2.14. The van der Waals surface area contributed by atoms with Gasteiger partial charge in [0, 0.05) is 16.7 Å². The van der Waals surface area contributed by atoms with Crippen molar-refractivity contribution in [3.05, 3.63) is 44.1 Å². The Morgan fingerprint density at radius 2 is 2.40 bits per heavy atom. The quantitative estimate of drug-likeness (QED) is 0.241. The van der Waals surface area contributed by atoms with Crippen LogP contribution in [-0.2, 0) is 0 Å². The smallest absolute Gasteiger partial charge is 0.287 e. The zero-order valence-corrected chi connectivity index (χ0v) is 7.62. The van der Waals surface area contributed by atoms with E-state index in [4.69, 9.17) is 5.53 Å². The Kier molecular flexibility index (Phi) is 2.94. The van der Waals surface area contributed by atoms with E-state index in [1.807, 2.05) is 0 Å². The van der Waals surface area contributed by atoms with Crippen molar-refractivity contribution in [2.75, 3.05) is 0 Å². The lowest BCUT2D eigenvalue weighted by Crippen LogP contribution is -2.01. The van der Waals surface area contributed by atoms with E-state index in [1.165, 1.54) is 6.92 Å². The second-order valence-electron chi connectivity index (χ2n) is 2.58. The molecule has 76 valence electrons. The van der Waals surface area contributed by atoms with Gasteiger partial charge in [0.25, 0.3) is 11.6 Å². The van der Waals surface area contributed by atoms with Crippen molar-refractivity contribution in [3.63, 3.8) is 0 Å². The highest BCUT2D eigenvalue weighted by Crippen LogP contribution is 2.15. The first-order valence-electron chi connectivity index (χ1n) is 3.76. The zero-order valence-electron chi connectivity index (χ0n) is 7.62. The van der Waals surface area contributed by atoms with Crippen molar-refractivity contribution in [1.29, 1.82) is 0 Å². The molecule has 0 N–H and O–H groups in total. The van der Waals surface area contributed by atoms with Gasteiger partial charge < -0.3 is 0 Å². The molecule has 0 saturated heterocycles. The van der Waals surface area contributed by atoms with Crippen LogP contribution in [0.4, 0.5) is 5.69 Å². The molecule has 15 heavy (non-hydrogen) atoms. The first-order chi connectivity index (χ1) is 7.06. The molecule has 0 aliphatic rings. The van der Waals surface area contributed by atoms with E-state index in [-0.39, 0.29) is 16.9 Å². The lowest BCUT2D eigenvalue weighted by molar-refractivity contribution is -0.385. The topological polar surface area (TPSA) is 122 Å². The summed E-state index contributed by atoms with van der Waals surface area (Å²) in [7, 11) is 0. The molecule has 0 spiro atoms. The number of pyridine rings is 1. The van der Waals surface area contributed by atoms with E-state index < -0.39 is 10.8 Å². The molecule has 0 fully saturated rings. The van der Waals surface area contributed by atoms with Gasteiger partial charge in [-0.25, -0.2) is 0 Å². The van der Waals surface area contributed by atoms with Gasteiger partial charge in [0.15, 0.2) is 0 Å². The Labute approximate surface area is 83.3 Å². The largest absolute Gasteiger partial charge is 0.288 e. The standard InChI is InChI=1S/C7H5N5O3/c1-4-6(7(13)10-11-8)2-5(3-9-4)12(14)15/h2-3H,1H3. The molecule has 1 amide bonds. The first-order valence-corrected chi connectivity index (χ1v) is 3.76. The van der Waals surface area contributed by atoms with Crippen LogP contribution in [0.25, 0.3) is 10.4 Å². The highest BCUT2D eigenvalue weighted by atomic mass is 16.6. The van der Waals surface area contributed by atoms with Gasteiger partial charge in [-0.05, 0) is 17.6 Å². The van der Waals surface area contributed by atoms with Crippen LogP contribution < -0.4 is 0 Å². The Morgan fingerprint density at radius 3 is 2.93 bits per heavy atom. The van der Waals surface area contributed by atoms with E-state index in [1.54, 1.807) is 0 Å². The fourth-order valence-corrected chi connectivity index (χ4v) is 0.933. The Hall–Kier alpha value is -2.47. The first kappa shape index (κ1) is 10.6. The molecule has 1 aromatic heterocycles. The molecule has 0 saturated carbocycles. The number of aryl methyl sites for hydroxylation is 1. The van der Waals surface area contributed by atoms with Crippen LogP contribution in [0.15, 0.2) is 17.4 Å². The van der Waals surface area contributed by atoms with Gasteiger partial charge in [0.1, 0.15) is 6.20 Å². The minimum Gasteiger partial charge on any atom is -0.287 e. The van der Waals surface area contributed by atoms with Gasteiger partial charge in [-0.3, -0.25) is 19.9 Å². The van der Waals surface area contributed by atoms with Crippen LogP contribution in [-0.4, -0.2) is 15.8 Å². The third kappa shape index (κ3) is 2.26. The summed E-state index contributed by atoms with van der Waals surface area (Å²) < 4.78 is 0. The van der Waals surface area contributed by atoms with Crippen LogP contribution >= 0.6 is 0 Å². The lowest BCUT2D eigenvalue weighted by Gasteiger charge is -1.98. The molecular weight excluding hydrogens is 202 g/mol. The number of hydrogen-bond donors (Lipinski definition) is 0. The number of carbonyl (C=O) groups excluding carboxylic acids is 1. The lowest BCUT2D eigenvalue weighted by atomic mass is 10.2. The number of carbonyl (C=O) groups is 1. The van der Waals surface area contributed by atoms with Crippen LogP contribution in [0.5, 0.6) is 0 Å². The molecule has 0 atom stereocenters. The summed E-state index contributed by atoms with van der Waals surface area (Å²) in [5, 5.41) is 13.2. The summed E-state index contributed by atoms with van der Waals surface area (Å²) in [6.45, 7) is 1.49. The molecule has 0 unspecified atom stereocenters. The molecule has 1 heterocycles. The van der Waals surface area contributed by atoms with Crippen molar-refractivity contribution in [2.24, 2.45) is 5.11 Å². The Morgan fingerprint density at radius 1 is 1.73 bits per heavy atom. The van der Waals surface area contributed by atoms with Crippen molar-refractivity contribution >= 4 is 11.6 Å². The van der Waals surface area contributed by atoms with Crippen molar-refractivity contribution in [3.8, 4) is 0 Å². The van der Waals surface area contributed by atoms with Crippen molar-refractivity contribution in [2.45, 2.75) is 6.92 Å². The van der Waals surface area contributed by atoms with E-state index >= 15 is 0 Å². The average Bonchev–Trinajstić information content (AvgIpc) is 2.18. The van der Waals surface area contributed by atoms with E-state index in [0.29, 0.717) is 0 Å². The predicted octanol–water partition coefficient (Wildman–Crippen LogP) is 1.75. The highest BCUT2D eigenvalue weighted by molar-refractivity contribution is 5.96. The van der Waals surface area contributed by atoms with Gasteiger partial charge in [-0.2, -0.15) is 0 Å². The maximum Gasteiger partial charge on any atom is 0.288 e. The summed E-state index contributed by atoms with van der Waals surface area (Å²) in [6, 6.07) is 1.03. The van der Waals surface area contributed by atoms with Gasteiger partial charge in [-0.1, -0.05) is 0 Å². The molecule has 0 radical (unpaired) electrons. The molecule has 1 rings (SSSR count). The Bertz CT molecular complexity index is 478. The van der Waals surface area contributed by atoms with Crippen LogP contribution in [0.3, 0.4) is 0 Å². The molecule has 0 aliphatic heterocycles. The van der Waals surface area contributed by atoms with Crippen molar-refractivity contribution < 1.29 is 9.72 Å². The summed E-state index contributed by atoms with van der Waals surface area (Å²) in [4.78, 5) is 26.8. The molecule has 1 aromatic rings. The molecule has 0 aromatic carbocycles.